The standard InChI is InChI=1S/C19H27N3O4S/c1-19(2,3)18(25)21-10-8-20(9-11-21)14-5-7-22(15(14)23)16-13(6-12-27-16)17(24)26-4/h6,12,14H,5,7-11H2,1-4H3. The van der Waals surface area contributed by atoms with Gasteiger partial charge in [0, 0.05) is 38.1 Å². The fraction of sp³-hybridized carbons (Fsp3) is 0.632. The Balaban J connectivity index is 1.64. The number of anilines is 1. The van der Waals surface area contributed by atoms with Crippen molar-refractivity contribution in [3.63, 3.8) is 0 Å². The molecule has 0 saturated carbocycles. The van der Waals surface area contributed by atoms with Crippen LogP contribution < -0.4 is 4.90 Å². The van der Waals surface area contributed by atoms with Gasteiger partial charge < -0.3 is 14.5 Å². The van der Waals surface area contributed by atoms with E-state index in [1.807, 2.05) is 25.7 Å². The Bertz CT molecular complexity index is 732. The smallest absolute Gasteiger partial charge is 0.340 e. The summed E-state index contributed by atoms with van der Waals surface area (Å²) in [4.78, 5) is 43.1. The molecule has 0 N–H and O–H groups in total. The van der Waals surface area contributed by atoms with Gasteiger partial charge in [0.1, 0.15) is 5.00 Å². The third-order valence-electron chi connectivity index (χ3n) is 5.16. The summed E-state index contributed by atoms with van der Waals surface area (Å²) in [5, 5.41) is 2.47. The summed E-state index contributed by atoms with van der Waals surface area (Å²) >= 11 is 1.38. The van der Waals surface area contributed by atoms with Gasteiger partial charge in [0.2, 0.25) is 11.8 Å². The summed E-state index contributed by atoms with van der Waals surface area (Å²) < 4.78 is 4.82. The molecule has 2 aliphatic rings. The molecule has 0 aliphatic carbocycles. The molecule has 148 valence electrons. The van der Waals surface area contributed by atoms with Gasteiger partial charge >= 0.3 is 5.97 Å². The Morgan fingerprint density at radius 2 is 1.81 bits per heavy atom. The number of rotatable bonds is 3. The Hall–Kier alpha value is -1.93. The van der Waals surface area contributed by atoms with E-state index in [0.29, 0.717) is 43.3 Å². The van der Waals surface area contributed by atoms with Crippen molar-refractivity contribution in [2.45, 2.75) is 33.2 Å². The van der Waals surface area contributed by atoms with Crippen LogP contribution in [0.3, 0.4) is 0 Å². The van der Waals surface area contributed by atoms with Crippen LogP contribution in [0, 0.1) is 5.41 Å². The van der Waals surface area contributed by atoms with Crippen LogP contribution >= 0.6 is 11.3 Å². The lowest BCUT2D eigenvalue weighted by Gasteiger charge is -2.39. The summed E-state index contributed by atoms with van der Waals surface area (Å²) in [6.45, 7) is 9.06. The third kappa shape index (κ3) is 3.87. The van der Waals surface area contributed by atoms with E-state index in [0.717, 1.165) is 6.42 Å². The molecule has 1 unspecified atom stereocenters. The van der Waals surface area contributed by atoms with E-state index in [9.17, 15) is 14.4 Å². The highest BCUT2D eigenvalue weighted by Crippen LogP contribution is 2.33. The van der Waals surface area contributed by atoms with Crippen molar-refractivity contribution in [3.05, 3.63) is 17.0 Å². The Morgan fingerprint density at radius 1 is 1.15 bits per heavy atom. The number of amides is 2. The highest BCUT2D eigenvalue weighted by Gasteiger charge is 2.40. The molecule has 8 heteroatoms. The minimum Gasteiger partial charge on any atom is -0.465 e. The van der Waals surface area contributed by atoms with Crippen molar-refractivity contribution in [3.8, 4) is 0 Å². The van der Waals surface area contributed by atoms with Crippen molar-refractivity contribution < 1.29 is 19.1 Å². The van der Waals surface area contributed by atoms with Crippen molar-refractivity contribution in [2.24, 2.45) is 5.41 Å². The third-order valence-corrected chi connectivity index (χ3v) is 6.09. The maximum Gasteiger partial charge on any atom is 0.340 e. The largest absolute Gasteiger partial charge is 0.465 e. The summed E-state index contributed by atoms with van der Waals surface area (Å²) in [6, 6.07) is 1.51. The topological polar surface area (TPSA) is 70.2 Å². The first kappa shape index (κ1) is 19.8. The van der Waals surface area contributed by atoms with E-state index in [1.165, 1.54) is 18.4 Å². The number of piperazine rings is 1. The number of ether oxygens (including phenoxy) is 1. The summed E-state index contributed by atoms with van der Waals surface area (Å²) in [5.74, 6) is -0.238. The van der Waals surface area contributed by atoms with Gasteiger partial charge in [-0.1, -0.05) is 20.8 Å². The van der Waals surface area contributed by atoms with Gasteiger partial charge in [-0.05, 0) is 17.9 Å². The fourth-order valence-electron chi connectivity index (χ4n) is 3.69. The van der Waals surface area contributed by atoms with Gasteiger partial charge in [-0.25, -0.2) is 4.79 Å². The second-order valence-electron chi connectivity index (χ2n) is 8.00. The Labute approximate surface area is 163 Å². The molecule has 2 aliphatic heterocycles. The van der Waals surface area contributed by atoms with Crippen LogP contribution in [0.2, 0.25) is 0 Å². The maximum atomic E-state index is 13.0. The lowest BCUT2D eigenvalue weighted by molar-refractivity contribution is -0.141. The second-order valence-corrected chi connectivity index (χ2v) is 8.90. The van der Waals surface area contributed by atoms with Gasteiger partial charge in [-0.3, -0.25) is 14.5 Å². The van der Waals surface area contributed by atoms with Crippen LogP contribution in [-0.4, -0.2) is 73.5 Å². The van der Waals surface area contributed by atoms with Crippen LogP contribution in [-0.2, 0) is 14.3 Å². The minimum absolute atomic E-state index is 0.0261. The fourth-order valence-corrected chi connectivity index (χ4v) is 4.61. The molecule has 0 spiro atoms. The van der Waals surface area contributed by atoms with Gasteiger partial charge in [0.15, 0.2) is 0 Å². The van der Waals surface area contributed by atoms with E-state index >= 15 is 0 Å². The van der Waals surface area contributed by atoms with Gasteiger partial charge in [0.25, 0.3) is 0 Å². The number of nitrogens with zero attached hydrogens (tertiary/aromatic N) is 3. The molecule has 2 saturated heterocycles. The average Bonchev–Trinajstić information content (AvgIpc) is 3.26. The average molecular weight is 394 g/mol. The molecule has 1 aromatic heterocycles. The molecular formula is C19H27N3O4S. The molecular weight excluding hydrogens is 366 g/mol. The predicted molar refractivity (Wildman–Crippen MR) is 104 cm³/mol. The number of thiophene rings is 1. The lowest BCUT2D eigenvalue weighted by atomic mass is 9.94. The van der Waals surface area contributed by atoms with Crippen molar-refractivity contribution in [2.75, 3.05) is 44.7 Å². The molecule has 0 aromatic carbocycles. The van der Waals surface area contributed by atoms with E-state index < -0.39 is 5.97 Å². The van der Waals surface area contributed by atoms with Crippen LogP contribution in [0.5, 0.6) is 0 Å². The van der Waals surface area contributed by atoms with Crippen molar-refractivity contribution in [1.29, 1.82) is 0 Å². The van der Waals surface area contributed by atoms with Crippen LogP contribution in [0.1, 0.15) is 37.6 Å². The molecule has 0 bridgehead atoms. The molecule has 0 radical (unpaired) electrons. The molecule has 1 aromatic rings. The molecule has 7 nitrogen and oxygen atoms in total. The second kappa shape index (κ2) is 7.59. The SMILES string of the molecule is COC(=O)c1ccsc1N1CCC(N2CCN(C(=O)C(C)(C)C)CC2)C1=O. The van der Waals surface area contributed by atoms with Crippen molar-refractivity contribution >= 4 is 34.1 Å². The first-order valence-corrected chi connectivity index (χ1v) is 10.1. The predicted octanol–water partition coefficient (Wildman–Crippen LogP) is 1.83. The monoisotopic (exact) mass is 393 g/mol. The van der Waals surface area contributed by atoms with Gasteiger partial charge in [-0.15, -0.1) is 11.3 Å². The van der Waals surface area contributed by atoms with E-state index in [2.05, 4.69) is 4.90 Å². The summed E-state index contributed by atoms with van der Waals surface area (Å²) in [6.07, 6.45) is 0.727. The van der Waals surface area contributed by atoms with Gasteiger partial charge in [-0.2, -0.15) is 0 Å². The lowest BCUT2D eigenvalue weighted by Crippen LogP contribution is -2.55. The quantitative estimate of drug-likeness (QED) is 0.733. The zero-order valence-electron chi connectivity index (χ0n) is 16.4. The molecule has 2 amide bonds. The zero-order chi connectivity index (χ0) is 19.8. The first-order valence-electron chi connectivity index (χ1n) is 9.24. The minimum atomic E-state index is -0.420. The van der Waals surface area contributed by atoms with E-state index in [-0.39, 0.29) is 23.3 Å². The normalized spacial score (nSPS) is 21.6. The number of hydrogen-bond acceptors (Lipinski definition) is 6. The van der Waals surface area contributed by atoms with Crippen LogP contribution in [0.25, 0.3) is 0 Å². The highest BCUT2D eigenvalue weighted by molar-refractivity contribution is 7.14. The molecule has 2 fully saturated rings. The molecule has 3 rings (SSSR count). The van der Waals surface area contributed by atoms with E-state index in [1.54, 1.807) is 16.3 Å². The van der Waals surface area contributed by atoms with Crippen molar-refractivity contribution in [1.82, 2.24) is 9.80 Å². The molecule has 1 atom stereocenters. The number of hydrogen-bond donors (Lipinski definition) is 0. The van der Waals surface area contributed by atoms with Gasteiger partial charge in [0.05, 0.1) is 18.7 Å². The first-order chi connectivity index (χ1) is 12.7. The molecule has 27 heavy (non-hydrogen) atoms. The molecule has 3 heterocycles. The summed E-state index contributed by atoms with van der Waals surface area (Å²) in [7, 11) is 1.34. The summed E-state index contributed by atoms with van der Waals surface area (Å²) in [5.41, 5.74) is 0.0584. The Morgan fingerprint density at radius 3 is 2.41 bits per heavy atom. The number of esters is 1. The number of carbonyl (C=O) groups excluding carboxylic acids is 3. The van der Waals surface area contributed by atoms with E-state index in [4.69, 9.17) is 4.74 Å². The maximum absolute atomic E-state index is 13.0. The van der Waals surface area contributed by atoms with Crippen LogP contribution in [0.4, 0.5) is 5.00 Å². The Kier molecular flexibility index (Phi) is 5.58. The number of methoxy groups -OCH3 is 1. The van der Waals surface area contributed by atoms with Crippen LogP contribution in [0.15, 0.2) is 11.4 Å². The highest BCUT2D eigenvalue weighted by atomic mass is 32.1. The number of carbonyl (C=O) groups is 3. The zero-order valence-corrected chi connectivity index (χ0v) is 17.2.